The van der Waals surface area contributed by atoms with Gasteiger partial charge in [-0.15, -0.1) is 0 Å². The van der Waals surface area contributed by atoms with Crippen molar-refractivity contribution in [2.75, 3.05) is 13.2 Å². The number of hydrogen-bond donors (Lipinski definition) is 0. The average molecular weight is 707 g/mol. The molecule has 2 aliphatic heterocycles. The Morgan fingerprint density at radius 3 is 1.58 bits per heavy atom. The molecule has 0 atom stereocenters. The van der Waals surface area contributed by atoms with Crippen LogP contribution in [0.1, 0.15) is 97.6 Å². The number of para-hydroxylation sites is 1. The molecule has 3 aromatic rings. The third-order valence-electron chi connectivity index (χ3n) is 8.43. The summed E-state index contributed by atoms with van der Waals surface area (Å²) in [6.45, 7) is 20.8. The Labute approximate surface area is 273 Å². The first-order valence-corrected chi connectivity index (χ1v) is 19.5. The molecule has 0 unspecified atom stereocenters. The number of hydrogen-bond acceptors (Lipinski definition) is 2. The zero-order chi connectivity index (χ0) is 31.3. The molecule has 6 heteroatoms. The molecular weight excluding hydrogens is 657 g/mol. The van der Waals surface area contributed by atoms with Gasteiger partial charge in [-0.3, -0.25) is 0 Å². The van der Waals surface area contributed by atoms with Crippen LogP contribution in [0.3, 0.4) is 0 Å². The van der Waals surface area contributed by atoms with Gasteiger partial charge in [0, 0.05) is 13.2 Å². The van der Waals surface area contributed by atoms with Crippen molar-refractivity contribution in [3.8, 4) is 5.97 Å². The molecule has 0 spiro atoms. The number of ether oxygens (including phenoxy) is 1. The van der Waals surface area contributed by atoms with E-state index in [0.717, 1.165) is 19.6 Å². The van der Waals surface area contributed by atoms with E-state index in [-0.39, 0.29) is 40.5 Å². The van der Waals surface area contributed by atoms with E-state index in [1.807, 2.05) is 0 Å². The Balaban J connectivity index is 0.000000767. The first-order valence-electron chi connectivity index (χ1n) is 15.8. The van der Waals surface area contributed by atoms with Crippen molar-refractivity contribution < 1.29 is 9.31 Å². The van der Waals surface area contributed by atoms with Crippen molar-refractivity contribution in [1.82, 2.24) is 0 Å². The molecule has 3 nitrogen and oxygen atoms in total. The first kappa shape index (κ1) is 33.8. The fourth-order valence-electron chi connectivity index (χ4n) is 6.90. The van der Waals surface area contributed by atoms with Gasteiger partial charge >= 0.3 is 244 Å². The van der Waals surface area contributed by atoms with Gasteiger partial charge in [-0.25, -0.2) is 0 Å². The second-order valence-corrected chi connectivity index (χ2v) is 21.2. The van der Waals surface area contributed by atoms with Crippen LogP contribution in [0.5, 0.6) is 0 Å². The quantitative estimate of drug-likeness (QED) is 0.185. The van der Waals surface area contributed by atoms with Crippen LogP contribution in [-0.4, -0.2) is 62.3 Å². The van der Waals surface area contributed by atoms with E-state index in [0.29, 0.717) is 11.8 Å². The number of benzene rings is 3. The molecule has 0 bridgehead atoms. The fraction of sp³-hybridized carbons (Fsp3) is 0.459. The molecule has 1 fully saturated rings. The first-order chi connectivity index (χ1) is 20.4. The van der Waals surface area contributed by atoms with Crippen LogP contribution in [0.4, 0.5) is 5.69 Å². The topological polar surface area (TPSA) is 36.0 Å². The van der Waals surface area contributed by atoms with E-state index in [2.05, 4.69) is 145 Å². The molecular formula is C37H49BN2OSe2. The summed E-state index contributed by atoms with van der Waals surface area (Å²) in [5, 5.41) is 11.3. The monoisotopic (exact) mass is 708 g/mol. The fourth-order valence-corrected chi connectivity index (χ4v) is 15.3. The van der Waals surface area contributed by atoms with Crippen molar-refractivity contribution in [3.05, 3.63) is 90.0 Å². The molecule has 0 saturated carbocycles. The molecule has 0 N–H and O–H groups in total. The van der Waals surface area contributed by atoms with Crippen LogP contribution >= 0.6 is 0 Å². The zero-order valence-corrected chi connectivity index (χ0v) is 30.8. The Morgan fingerprint density at radius 2 is 1.21 bits per heavy atom. The summed E-state index contributed by atoms with van der Waals surface area (Å²) in [6, 6.07) is 28.5. The Kier molecular flexibility index (Phi) is 11.2. The van der Waals surface area contributed by atoms with Crippen LogP contribution in [0, 0.1) is 16.6 Å². The van der Waals surface area contributed by atoms with E-state index in [9.17, 15) is 5.26 Å². The van der Waals surface area contributed by atoms with Crippen LogP contribution in [0.15, 0.2) is 78.9 Å². The van der Waals surface area contributed by atoms with Gasteiger partial charge < -0.3 is 4.74 Å². The molecule has 0 aromatic heterocycles. The Morgan fingerprint density at radius 1 is 0.744 bits per heavy atom. The summed E-state index contributed by atoms with van der Waals surface area (Å²) in [5.41, 5.74) is 5.33. The Hall–Kier alpha value is -2.12. The van der Waals surface area contributed by atoms with Gasteiger partial charge in [0.25, 0.3) is 0 Å². The predicted molar refractivity (Wildman–Crippen MR) is 187 cm³/mol. The van der Waals surface area contributed by atoms with Gasteiger partial charge in [0.1, 0.15) is 0 Å². The minimum absolute atomic E-state index is 0.00188. The number of rotatable bonds is 8. The normalized spacial score (nSPS) is 17.6. The third-order valence-corrected chi connectivity index (χ3v) is 15.6. The molecule has 5 rings (SSSR count). The zero-order valence-electron chi connectivity index (χ0n) is 27.4. The van der Waals surface area contributed by atoms with E-state index in [1.165, 1.54) is 44.2 Å². The molecule has 3 aromatic carbocycles. The van der Waals surface area contributed by atoms with E-state index in [4.69, 9.17) is 4.74 Å². The maximum absolute atomic E-state index is 11.3. The Bertz CT molecular complexity index is 1360. The van der Waals surface area contributed by atoms with Crippen LogP contribution in [0.25, 0.3) is 0 Å². The molecule has 0 aliphatic carbocycles. The molecule has 2 aliphatic rings. The van der Waals surface area contributed by atoms with Gasteiger partial charge in [0.15, 0.2) is 0 Å². The second kappa shape index (κ2) is 14.3. The van der Waals surface area contributed by atoms with E-state index >= 15 is 0 Å². The van der Waals surface area contributed by atoms with Crippen molar-refractivity contribution in [1.29, 1.82) is 5.26 Å². The molecule has 0 amide bonds. The second-order valence-electron chi connectivity index (χ2n) is 13.7. The SMILES string of the molecule is C1CCOC1.CC(C)c1cccc(C(C)C)c1[N+]1=C([B-](C#N)([Se]c2ccccc2)[Se]c2ccccc2)C(C)(C)CC1(C)C. The summed E-state index contributed by atoms with van der Waals surface area (Å²) in [7, 11) is 0. The molecule has 228 valence electrons. The van der Waals surface area contributed by atoms with Crippen molar-refractivity contribution in [3.63, 3.8) is 0 Å². The minimum atomic E-state index is -1.50. The molecule has 1 saturated heterocycles. The van der Waals surface area contributed by atoms with E-state index in [1.54, 1.807) is 0 Å². The van der Waals surface area contributed by atoms with Gasteiger partial charge in [0.2, 0.25) is 0 Å². The number of nitriles is 1. The van der Waals surface area contributed by atoms with Crippen LogP contribution in [0.2, 0.25) is 0 Å². The van der Waals surface area contributed by atoms with Gasteiger partial charge in [-0.2, -0.15) is 0 Å². The third kappa shape index (κ3) is 7.76. The summed E-state index contributed by atoms with van der Waals surface area (Å²) >= 11 is 0.00376. The maximum atomic E-state index is 11.3. The van der Waals surface area contributed by atoms with Crippen molar-refractivity contribution >= 4 is 53.6 Å². The molecule has 2 heterocycles. The van der Waals surface area contributed by atoms with E-state index < -0.39 is 3.77 Å². The summed E-state index contributed by atoms with van der Waals surface area (Å²) < 4.78 is 8.76. The summed E-state index contributed by atoms with van der Waals surface area (Å²) in [5.74, 6) is 3.88. The molecule has 43 heavy (non-hydrogen) atoms. The van der Waals surface area contributed by atoms with Gasteiger partial charge in [0.05, 0.1) is 0 Å². The average Bonchev–Trinajstić information content (AvgIpc) is 3.61. The summed E-state index contributed by atoms with van der Waals surface area (Å²) in [4.78, 5) is 0. The van der Waals surface area contributed by atoms with Crippen molar-refractivity contribution in [2.24, 2.45) is 5.41 Å². The summed E-state index contributed by atoms with van der Waals surface area (Å²) in [6.07, 6.45) is 3.58. The standard InChI is InChI=1S/C33H41BN2Se2.C4H8O/c1-24(2)28-20-15-21-29(25(3)4)30(28)36-31(32(5,6)22-33(36,7)8)34(23-35,37-26-16-11-9-12-17-26)38-27-18-13-10-14-19-27;1-2-4-5-3-1/h9-21,24-25H,22H2,1-8H3;1-4H2. The molecule has 0 radical (unpaired) electrons. The number of nitrogens with zero attached hydrogens (tertiary/aromatic N) is 2. The van der Waals surface area contributed by atoms with Crippen LogP contribution < -0.4 is 8.92 Å². The predicted octanol–water partition coefficient (Wildman–Crippen LogP) is 7.13. The van der Waals surface area contributed by atoms with Gasteiger partial charge in [-0.05, 0) is 12.8 Å². The van der Waals surface area contributed by atoms with Crippen LogP contribution in [-0.2, 0) is 4.74 Å². The van der Waals surface area contributed by atoms with Crippen molar-refractivity contribution in [2.45, 2.75) is 92.0 Å². The van der Waals surface area contributed by atoms with Gasteiger partial charge in [-0.1, -0.05) is 0 Å².